The van der Waals surface area contributed by atoms with E-state index in [1.54, 1.807) is 6.92 Å². The van der Waals surface area contributed by atoms with Gasteiger partial charge < -0.3 is 10.2 Å². The second-order valence-corrected chi connectivity index (χ2v) is 6.61. The highest BCUT2D eigenvalue weighted by atomic mass is 16.1. The maximum atomic E-state index is 11.9. The van der Waals surface area contributed by atoms with Gasteiger partial charge in [-0.2, -0.15) is 0 Å². The lowest BCUT2D eigenvalue weighted by atomic mass is 10.0. The highest BCUT2D eigenvalue weighted by Gasteiger charge is 2.19. The lowest BCUT2D eigenvalue weighted by Gasteiger charge is -2.31. The van der Waals surface area contributed by atoms with Crippen molar-refractivity contribution in [1.82, 2.24) is 0 Å². The maximum absolute atomic E-state index is 11.9. The summed E-state index contributed by atoms with van der Waals surface area (Å²) >= 11 is 0. The molecule has 136 valence electrons. The molecular weight excluding hydrogens is 320 g/mol. The highest BCUT2D eigenvalue weighted by Crippen LogP contribution is 2.31. The van der Waals surface area contributed by atoms with Crippen molar-refractivity contribution < 1.29 is 4.79 Å². The van der Waals surface area contributed by atoms with Crippen LogP contribution in [0.15, 0.2) is 55.6 Å². The van der Waals surface area contributed by atoms with E-state index in [2.05, 4.69) is 48.5 Å². The molecule has 0 fully saturated rings. The van der Waals surface area contributed by atoms with Crippen molar-refractivity contribution in [3.8, 4) is 0 Å². The number of aryl methyl sites for hydroxylation is 1. The van der Waals surface area contributed by atoms with Gasteiger partial charge in [-0.1, -0.05) is 56.5 Å². The van der Waals surface area contributed by atoms with E-state index in [1.807, 2.05) is 44.3 Å². The van der Waals surface area contributed by atoms with Crippen molar-refractivity contribution in [2.45, 2.75) is 20.8 Å². The molecule has 0 spiro atoms. The third-order valence-electron chi connectivity index (χ3n) is 4.76. The fourth-order valence-corrected chi connectivity index (χ4v) is 2.91. The molecule has 1 N–H and O–H groups in total. The summed E-state index contributed by atoms with van der Waals surface area (Å²) < 4.78 is 0. The highest BCUT2D eigenvalue weighted by molar-refractivity contribution is 5.84. The summed E-state index contributed by atoms with van der Waals surface area (Å²) in [6, 6.07) is 14.3. The van der Waals surface area contributed by atoms with Crippen LogP contribution in [0.4, 0.5) is 11.4 Å². The number of Topliss-reactive ketones (excluding diaryl/α,β-unsaturated/α-hetero) is 1. The minimum Gasteiger partial charge on any atom is -0.388 e. The molecule has 2 aromatic carbocycles. The largest absolute Gasteiger partial charge is 0.388 e. The Balaban J connectivity index is 2.48. The number of hydrogen-bond acceptors (Lipinski definition) is 3. The van der Waals surface area contributed by atoms with Gasteiger partial charge in [0, 0.05) is 36.6 Å². The van der Waals surface area contributed by atoms with Gasteiger partial charge in [0.05, 0.1) is 0 Å². The Morgan fingerprint density at radius 1 is 1.27 bits per heavy atom. The Hall–Kier alpha value is -2.81. The summed E-state index contributed by atoms with van der Waals surface area (Å²) in [5.74, 6) is 0.0943. The molecule has 0 heterocycles. The van der Waals surface area contributed by atoms with Gasteiger partial charge in [-0.05, 0) is 42.7 Å². The Kier molecular flexibility index (Phi) is 6.40. The third-order valence-corrected chi connectivity index (χ3v) is 4.76. The predicted octanol–water partition coefficient (Wildman–Crippen LogP) is 5.38. The molecule has 0 amide bonds. The van der Waals surface area contributed by atoms with E-state index in [9.17, 15) is 4.79 Å². The van der Waals surface area contributed by atoms with Gasteiger partial charge in [0.25, 0.3) is 0 Å². The van der Waals surface area contributed by atoms with Crippen LogP contribution >= 0.6 is 0 Å². The first kappa shape index (κ1) is 19.5. The molecular formula is C23H28N2O. The minimum atomic E-state index is -0.0809. The van der Waals surface area contributed by atoms with Crippen LogP contribution in [0.2, 0.25) is 0 Å². The van der Waals surface area contributed by atoms with Crippen molar-refractivity contribution in [2.24, 2.45) is 5.92 Å². The summed E-state index contributed by atoms with van der Waals surface area (Å²) in [4.78, 5) is 14.0. The Morgan fingerprint density at radius 2 is 1.96 bits per heavy atom. The molecule has 0 radical (unpaired) electrons. The second kappa shape index (κ2) is 8.52. The fraction of sp³-hybridized carbons (Fsp3) is 0.261. The van der Waals surface area contributed by atoms with Crippen molar-refractivity contribution in [2.75, 3.05) is 23.8 Å². The lowest BCUT2D eigenvalue weighted by molar-refractivity contribution is -0.119. The lowest BCUT2D eigenvalue weighted by Crippen LogP contribution is -2.30. The Labute approximate surface area is 157 Å². The SMILES string of the molecule is C=Cc1ccc(C(=C)N(C[C@H](C)C(C)=O)c2ccccc2C)cc1NC. The number of nitrogens with one attached hydrogen (secondary N) is 1. The number of benzene rings is 2. The molecule has 0 aliphatic rings. The number of ketones is 1. The van der Waals surface area contributed by atoms with Gasteiger partial charge in [-0.15, -0.1) is 0 Å². The average molecular weight is 348 g/mol. The zero-order valence-electron chi connectivity index (χ0n) is 16.2. The van der Waals surface area contributed by atoms with Gasteiger partial charge >= 0.3 is 0 Å². The molecule has 0 aromatic heterocycles. The fourth-order valence-electron chi connectivity index (χ4n) is 2.91. The normalized spacial score (nSPS) is 11.5. The van der Waals surface area contributed by atoms with Gasteiger partial charge in [-0.3, -0.25) is 4.79 Å². The van der Waals surface area contributed by atoms with E-state index in [0.29, 0.717) is 6.54 Å². The van der Waals surface area contributed by atoms with Crippen LogP contribution < -0.4 is 10.2 Å². The van der Waals surface area contributed by atoms with Crippen LogP contribution in [0.1, 0.15) is 30.5 Å². The smallest absolute Gasteiger partial charge is 0.134 e. The van der Waals surface area contributed by atoms with Crippen molar-refractivity contribution in [1.29, 1.82) is 0 Å². The molecule has 2 aromatic rings. The number of carbonyl (C=O) groups excluding carboxylic acids is 1. The Morgan fingerprint density at radius 3 is 2.54 bits per heavy atom. The first-order valence-electron chi connectivity index (χ1n) is 8.86. The number of rotatable bonds is 8. The number of carbonyl (C=O) groups is 1. The van der Waals surface area contributed by atoms with Crippen LogP contribution in [0.5, 0.6) is 0 Å². The second-order valence-electron chi connectivity index (χ2n) is 6.61. The van der Waals surface area contributed by atoms with Gasteiger partial charge in [0.1, 0.15) is 5.78 Å². The van der Waals surface area contributed by atoms with E-state index in [-0.39, 0.29) is 11.7 Å². The van der Waals surface area contributed by atoms with Crippen LogP contribution in [0.25, 0.3) is 11.8 Å². The molecule has 1 atom stereocenters. The molecule has 3 heteroatoms. The zero-order chi connectivity index (χ0) is 19.3. The molecule has 0 unspecified atom stereocenters. The Bertz CT molecular complexity index is 823. The number of anilines is 2. The molecule has 26 heavy (non-hydrogen) atoms. The molecule has 0 aliphatic heterocycles. The van der Waals surface area contributed by atoms with E-state index >= 15 is 0 Å². The monoisotopic (exact) mass is 348 g/mol. The summed E-state index contributed by atoms with van der Waals surface area (Å²) in [5.41, 5.74) is 6.16. The number of para-hydroxylation sites is 1. The van der Waals surface area contributed by atoms with Crippen LogP contribution in [-0.2, 0) is 4.79 Å². The number of nitrogens with zero attached hydrogens (tertiary/aromatic N) is 1. The van der Waals surface area contributed by atoms with E-state index in [4.69, 9.17) is 0 Å². The number of hydrogen-bond donors (Lipinski definition) is 1. The molecule has 0 saturated heterocycles. The van der Waals surface area contributed by atoms with E-state index < -0.39 is 0 Å². The van der Waals surface area contributed by atoms with Crippen LogP contribution in [0.3, 0.4) is 0 Å². The van der Waals surface area contributed by atoms with Gasteiger partial charge in [0.2, 0.25) is 0 Å². The van der Waals surface area contributed by atoms with Crippen molar-refractivity contribution in [3.63, 3.8) is 0 Å². The minimum absolute atomic E-state index is 0.0809. The molecule has 0 bridgehead atoms. The summed E-state index contributed by atoms with van der Waals surface area (Å²) in [7, 11) is 1.89. The summed E-state index contributed by atoms with van der Waals surface area (Å²) in [6.45, 7) is 14.5. The average Bonchev–Trinajstić information content (AvgIpc) is 2.65. The molecule has 2 rings (SSSR count). The predicted molar refractivity (Wildman–Crippen MR) is 113 cm³/mol. The molecule has 3 nitrogen and oxygen atoms in total. The van der Waals surface area contributed by atoms with E-state index in [1.165, 1.54) is 0 Å². The quantitative estimate of drug-likeness (QED) is 0.695. The van der Waals surface area contributed by atoms with E-state index in [0.717, 1.165) is 33.8 Å². The summed E-state index contributed by atoms with van der Waals surface area (Å²) in [6.07, 6.45) is 1.83. The molecule has 0 aliphatic carbocycles. The van der Waals surface area contributed by atoms with Gasteiger partial charge in [0.15, 0.2) is 0 Å². The first-order valence-corrected chi connectivity index (χ1v) is 8.86. The van der Waals surface area contributed by atoms with Gasteiger partial charge in [-0.25, -0.2) is 0 Å². The topological polar surface area (TPSA) is 32.3 Å². The standard InChI is InChI=1S/C23H28N2O/c1-7-20-12-13-21(14-22(20)24-6)18(4)25(15-17(3)19(5)26)23-11-9-8-10-16(23)2/h7-14,17,24H,1,4,15H2,2-3,5-6H3/t17-/m0/s1. The summed E-state index contributed by atoms with van der Waals surface area (Å²) in [5, 5.41) is 3.21. The zero-order valence-corrected chi connectivity index (χ0v) is 16.2. The van der Waals surface area contributed by atoms with Crippen molar-refractivity contribution >= 4 is 28.9 Å². The maximum Gasteiger partial charge on any atom is 0.134 e. The third kappa shape index (κ3) is 4.23. The van der Waals surface area contributed by atoms with Crippen LogP contribution in [-0.4, -0.2) is 19.4 Å². The molecule has 0 saturated carbocycles. The van der Waals surface area contributed by atoms with Crippen LogP contribution in [0, 0.1) is 12.8 Å². The van der Waals surface area contributed by atoms with Crippen molar-refractivity contribution in [3.05, 3.63) is 72.3 Å². The first-order chi connectivity index (χ1) is 12.4.